The van der Waals surface area contributed by atoms with E-state index in [0.717, 1.165) is 0 Å². The molecule has 0 aromatic carbocycles. The Bertz CT molecular complexity index is 249. The Hall–Kier alpha value is -0.240. The topological polar surface area (TPSA) is 88.4 Å². The highest BCUT2D eigenvalue weighted by atomic mass is 16.8. The lowest BCUT2D eigenvalue weighted by Gasteiger charge is -2.30. The molecular weight excluding hydrogens is 204 g/mol. The number of rotatable bonds is 2. The number of aliphatic hydroxyl groups excluding tert-OH is 3. The third kappa shape index (κ3) is 1.57. The molecule has 0 aromatic heterocycles. The molecule has 0 unspecified atom stereocenters. The Balaban J connectivity index is 2.17. The molecule has 0 spiro atoms. The molecule has 3 N–H and O–H groups in total. The van der Waals surface area contributed by atoms with Gasteiger partial charge in [0.05, 0.1) is 13.2 Å². The minimum absolute atomic E-state index is 0.481. The van der Waals surface area contributed by atoms with Crippen molar-refractivity contribution in [2.24, 2.45) is 0 Å². The maximum Gasteiger partial charge on any atom is 0.190 e. The second kappa shape index (κ2) is 3.38. The van der Waals surface area contributed by atoms with Crippen LogP contribution in [0.25, 0.3) is 0 Å². The molecule has 15 heavy (non-hydrogen) atoms. The lowest BCUT2D eigenvalue weighted by molar-refractivity contribution is -0.252. The zero-order valence-electron chi connectivity index (χ0n) is 8.71. The molecule has 2 saturated heterocycles. The molecule has 0 aromatic rings. The minimum atomic E-state index is -1.38. The summed E-state index contributed by atoms with van der Waals surface area (Å²) in [5.74, 6) is -0.812. The Kier molecular flexibility index (Phi) is 2.53. The molecule has 2 fully saturated rings. The van der Waals surface area contributed by atoms with Crippen molar-refractivity contribution in [2.75, 3.05) is 13.2 Å². The van der Waals surface area contributed by atoms with E-state index in [1.54, 1.807) is 13.8 Å². The maximum absolute atomic E-state index is 9.89. The summed E-state index contributed by atoms with van der Waals surface area (Å²) in [5.41, 5.74) is -1.38. The molecule has 6 nitrogen and oxygen atoms in total. The zero-order valence-corrected chi connectivity index (χ0v) is 8.71. The average Bonchev–Trinajstić information content (AvgIpc) is 2.59. The third-order valence-electron chi connectivity index (χ3n) is 2.82. The number of fused-ring (bicyclic) bond motifs is 1. The monoisotopic (exact) mass is 220 g/mol. The van der Waals surface area contributed by atoms with E-state index < -0.39 is 43.1 Å². The van der Waals surface area contributed by atoms with Crippen LogP contribution in [0.2, 0.25) is 0 Å². The summed E-state index contributed by atoms with van der Waals surface area (Å²) in [6.07, 6.45) is -2.51. The van der Waals surface area contributed by atoms with Crippen molar-refractivity contribution >= 4 is 0 Å². The summed E-state index contributed by atoms with van der Waals surface area (Å²) in [6.45, 7) is 2.46. The van der Waals surface area contributed by atoms with Crippen LogP contribution in [-0.2, 0) is 14.2 Å². The van der Waals surface area contributed by atoms with Crippen molar-refractivity contribution < 1.29 is 29.5 Å². The molecule has 0 saturated carbocycles. The highest BCUT2D eigenvalue weighted by molar-refractivity contribution is 5.02. The molecule has 3 atom stereocenters. The van der Waals surface area contributed by atoms with Crippen molar-refractivity contribution in [1.82, 2.24) is 0 Å². The van der Waals surface area contributed by atoms with Gasteiger partial charge in [0, 0.05) is 0 Å². The normalized spacial score (nSPS) is 41.8. The van der Waals surface area contributed by atoms with E-state index in [0.29, 0.717) is 0 Å². The molecule has 6 heteroatoms. The van der Waals surface area contributed by atoms with E-state index in [1.165, 1.54) is 0 Å². The Morgan fingerprint density at radius 2 is 1.67 bits per heavy atom. The minimum Gasteiger partial charge on any atom is -0.393 e. The van der Waals surface area contributed by atoms with Gasteiger partial charge in [-0.25, -0.2) is 0 Å². The molecule has 0 amide bonds. The predicted molar refractivity (Wildman–Crippen MR) is 47.8 cm³/mol. The largest absolute Gasteiger partial charge is 0.393 e. The lowest BCUT2D eigenvalue weighted by Crippen LogP contribution is -2.50. The highest BCUT2D eigenvalue weighted by Crippen LogP contribution is 2.41. The molecule has 0 bridgehead atoms. The number of hydrogen-bond donors (Lipinski definition) is 3. The van der Waals surface area contributed by atoms with Crippen molar-refractivity contribution in [1.29, 1.82) is 0 Å². The van der Waals surface area contributed by atoms with Crippen LogP contribution in [0, 0.1) is 0 Å². The molecule has 2 rings (SSSR count). The second-order valence-corrected chi connectivity index (χ2v) is 4.41. The van der Waals surface area contributed by atoms with Gasteiger partial charge in [0.1, 0.15) is 17.8 Å². The quantitative estimate of drug-likeness (QED) is 0.529. The number of hydrogen-bond acceptors (Lipinski definition) is 6. The van der Waals surface area contributed by atoms with E-state index in [2.05, 4.69) is 0 Å². The second-order valence-electron chi connectivity index (χ2n) is 4.41. The highest BCUT2D eigenvalue weighted by Gasteiger charge is 2.61. The summed E-state index contributed by atoms with van der Waals surface area (Å²) >= 11 is 0. The van der Waals surface area contributed by atoms with Crippen LogP contribution in [-0.4, -0.2) is 58.4 Å². The zero-order chi connectivity index (χ0) is 11.3. The fourth-order valence-electron chi connectivity index (χ4n) is 1.97. The standard InChI is InChI=1S/C9H16O6/c1-8(2)13-5-6(12)9(3-10,4-11)15-7(5)14-8/h5-7,10-12H,3-4H2,1-2H3/t5-,6-,7+/m1/s1. The number of aliphatic hydroxyl groups is 3. The molecule has 0 radical (unpaired) electrons. The Morgan fingerprint density at radius 3 is 2.13 bits per heavy atom. The molecular formula is C9H16O6. The van der Waals surface area contributed by atoms with E-state index in [9.17, 15) is 5.11 Å². The van der Waals surface area contributed by atoms with Gasteiger partial charge in [-0.1, -0.05) is 0 Å². The predicted octanol–water partition coefficient (Wildman–Crippen LogP) is -1.42. The number of ether oxygens (including phenoxy) is 3. The first-order chi connectivity index (χ1) is 6.94. The van der Waals surface area contributed by atoms with Crippen molar-refractivity contribution in [3.63, 3.8) is 0 Å². The van der Waals surface area contributed by atoms with E-state index in [4.69, 9.17) is 24.4 Å². The van der Waals surface area contributed by atoms with E-state index >= 15 is 0 Å². The smallest absolute Gasteiger partial charge is 0.190 e. The van der Waals surface area contributed by atoms with Crippen LogP contribution in [0.3, 0.4) is 0 Å². The molecule has 2 aliphatic heterocycles. The van der Waals surface area contributed by atoms with Gasteiger partial charge in [-0.15, -0.1) is 0 Å². The van der Waals surface area contributed by atoms with Gasteiger partial charge in [0.15, 0.2) is 12.1 Å². The SMILES string of the molecule is CC1(C)O[C@H]2OC(CO)(CO)[C@H](O)[C@H]2O1. The van der Waals surface area contributed by atoms with Gasteiger partial charge in [0.2, 0.25) is 0 Å². The van der Waals surface area contributed by atoms with Gasteiger partial charge in [0.25, 0.3) is 0 Å². The van der Waals surface area contributed by atoms with Crippen LogP contribution in [0.15, 0.2) is 0 Å². The van der Waals surface area contributed by atoms with Gasteiger partial charge >= 0.3 is 0 Å². The van der Waals surface area contributed by atoms with Gasteiger partial charge in [-0.2, -0.15) is 0 Å². The van der Waals surface area contributed by atoms with Crippen LogP contribution in [0.5, 0.6) is 0 Å². The molecule has 88 valence electrons. The van der Waals surface area contributed by atoms with Crippen molar-refractivity contribution in [2.45, 2.75) is 43.7 Å². The first-order valence-corrected chi connectivity index (χ1v) is 4.87. The van der Waals surface area contributed by atoms with E-state index in [-0.39, 0.29) is 0 Å². The van der Waals surface area contributed by atoms with Crippen molar-refractivity contribution in [3.8, 4) is 0 Å². The first kappa shape index (κ1) is 11.3. The Morgan fingerprint density at radius 1 is 1.07 bits per heavy atom. The molecule has 2 heterocycles. The summed E-state index contributed by atoms with van der Waals surface area (Å²) in [5, 5.41) is 28.1. The van der Waals surface area contributed by atoms with Gasteiger partial charge in [-0.3, -0.25) is 0 Å². The first-order valence-electron chi connectivity index (χ1n) is 4.87. The van der Waals surface area contributed by atoms with Crippen LogP contribution in [0.4, 0.5) is 0 Å². The summed E-state index contributed by atoms with van der Waals surface area (Å²) in [4.78, 5) is 0. The fraction of sp³-hybridized carbons (Fsp3) is 1.00. The van der Waals surface area contributed by atoms with E-state index in [1.807, 2.05) is 0 Å². The van der Waals surface area contributed by atoms with Gasteiger partial charge < -0.3 is 29.5 Å². The third-order valence-corrected chi connectivity index (χ3v) is 2.82. The molecule has 2 aliphatic rings. The molecule has 0 aliphatic carbocycles. The Labute approximate surface area is 87.4 Å². The van der Waals surface area contributed by atoms with Crippen LogP contribution < -0.4 is 0 Å². The van der Waals surface area contributed by atoms with Crippen molar-refractivity contribution in [3.05, 3.63) is 0 Å². The summed E-state index contributed by atoms with van der Waals surface area (Å²) < 4.78 is 16.1. The summed E-state index contributed by atoms with van der Waals surface area (Å²) in [6, 6.07) is 0. The van der Waals surface area contributed by atoms with Gasteiger partial charge in [-0.05, 0) is 13.8 Å². The average molecular weight is 220 g/mol. The summed E-state index contributed by atoms with van der Waals surface area (Å²) in [7, 11) is 0. The maximum atomic E-state index is 9.89. The van der Waals surface area contributed by atoms with Crippen LogP contribution in [0.1, 0.15) is 13.8 Å². The lowest BCUT2D eigenvalue weighted by atomic mass is 9.97. The fourth-order valence-corrected chi connectivity index (χ4v) is 1.97. The van der Waals surface area contributed by atoms with Crippen LogP contribution >= 0.6 is 0 Å².